The van der Waals surface area contributed by atoms with Crippen molar-refractivity contribution in [3.8, 4) is 0 Å². The minimum Gasteiger partial charge on any atom is -0.321 e. The van der Waals surface area contributed by atoms with Crippen LogP contribution in [0.25, 0.3) is 0 Å². The fourth-order valence-electron chi connectivity index (χ4n) is 3.07. The molecule has 1 aromatic rings. The Kier molecular flexibility index (Phi) is 3.82. The van der Waals surface area contributed by atoms with Crippen LogP contribution in [0.2, 0.25) is 0 Å². The van der Waals surface area contributed by atoms with Crippen molar-refractivity contribution >= 4 is 0 Å². The summed E-state index contributed by atoms with van der Waals surface area (Å²) >= 11 is 0. The van der Waals surface area contributed by atoms with Crippen LogP contribution in [-0.2, 0) is 12.0 Å². The van der Waals surface area contributed by atoms with Crippen molar-refractivity contribution < 1.29 is 0 Å². The van der Waals surface area contributed by atoms with Gasteiger partial charge in [-0.25, -0.2) is 0 Å². The Hall–Kier alpha value is -0.820. The van der Waals surface area contributed by atoms with Crippen LogP contribution in [0.3, 0.4) is 0 Å². The number of benzene rings is 1. The van der Waals surface area contributed by atoms with E-state index in [2.05, 4.69) is 45.0 Å². The van der Waals surface area contributed by atoms with Crippen molar-refractivity contribution in [2.24, 2.45) is 11.1 Å². The third kappa shape index (κ3) is 3.35. The van der Waals surface area contributed by atoms with Gasteiger partial charge in [-0.15, -0.1) is 0 Å². The third-order valence-electron chi connectivity index (χ3n) is 3.98. The molecule has 1 heteroatoms. The molecule has 0 spiro atoms. The van der Waals surface area contributed by atoms with Crippen LogP contribution < -0.4 is 5.73 Å². The normalized spacial score (nSPS) is 19.8. The van der Waals surface area contributed by atoms with E-state index in [1.807, 2.05) is 0 Å². The second-order valence-corrected chi connectivity index (χ2v) is 7.15. The zero-order chi connectivity index (χ0) is 13.2. The molecule has 0 aromatic heterocycles. The van der Waals surface area contributed by atoms with E-state index in [-0.39, 0.29) is 5.54 Å². The van der Waals surface area contributed by atoms with Crippen LogP contribution in [0.15, 0.2) is 24.3 Å². The Morgan fingerprint density at radius 2 is 1.78 bits per heavy atom. The molecule has 0 heterocycles. The molecule has 1 nitrogen and oxygen atoms in total. The van der Waals surface area contributed by atoms with E-state index in [1.54, 1.807) is 0 Å². The van der Waals surface area contributed by atoms with Crippen LogP contribution in [0, 0.1) is 5.41 Å². The minimum absolute atomic E-state index is 0.0633. The van der Waals surface area contributed by atoms with E-state index in [4.69, 9.17) is 5.73 Å². The summed E-state index contributed by atoms with van der Waals surface area (Å²) in [5.41, 5.74) is 9.67. The van der Waals surface area contributed by atoms with Crippen molar-refractivity contribution in [3.05, 3.63) is 35.4 Å². The molecule has 0 amide bonds. The zero-order valence-electron chi connectivity index (χ0n) is 12.1. The van der Waals surface area contributed by atoms with Gasteiger partial charge in [-0.2, -0.15) is 0 Å². The molecule has 0 saturated heterocycles. The molecule has 0 bridgehead atoms. The third-order valence-corrected chi connectivity index (χ3v) is 3.98. The van der Waals surface area contributed by atoms with Gasteiger partial charge in [0.05, 0.1) is 0 Å². The van der Waals surface area contributed by atoms with Crippen LogP contribution in [0.4, 0.5) is 0 Å². The standard InChI is InChI=1S/C17H27N/c1-16(2,3)13-14-8-7-9-15(12-14)17(18)10-5-4-6-11-17/h7-9,12H,4-6,10-11,13,18H2,1-3H3. The van der Waals surface area contributed by atoms with Gasteiger partial charge in [0.1, 0.15) is 0 Å². The molecule has 18 heavy (non-hydrogen) atoms. The fourth-order valence-corrected chi connectivity index (χ4v) is 3.07. The Morgan fingerprint density at radius 3 is 2.39 bits per heavy atom. The topological polar surface area (TPSA) is 26.0 Å². The Bertz CT molecular complexity index is 394. The molecule has 1 aliphatic carbocycles. The zero-order valence-corrected chi connectivity index (χ0v) is 12.1. The van der Waals surface area contributed by atoms with Crippen LogP contribution >= 0.6 is 0 Å². The van der Waals surface area contributed by atoms with Gasteiger partial charge in [0.25, 0.3) is 0 Å². The molecule has 1 saturated carbocycles. The molecule has 0 unspecified atom stereocenters. The summed E-state index contributed by atoms with van der Waals surface area (Å²) in [6, 6.07) is 8.98. The molecule has 1 aromatic carbocycles. The summed E-state index contributed by atoms with van der Waals surface area (Å²) in [5.74, 6) is 0. The average Bonchev–Trinajstić information content (AvgIpc) is 2.28. The van der Waals surface area contributed by atoms with Crippen molar-refractivity contribution in [2.45, 2.75) is 64.8 Å². The molecule has 1 fully saturated rings. The van der Waals surface area contributed by atoms with E-state index in [0.717, 1.165) is 19.3 Å². The lowest BCUT2D eigenvalue weighted by Gasteiger charge is -2.34. The maximum atomic E-state index is 6.61. The van der Waals surface area contributed by atoms with Crippen molar-refractivity contribution in [3.63, 3.8) is 0 Å². The predicted octanol–water partition coefficient (Wildman–Crippen LogP) is 4.39. The SMILES string of the molecule is CC(C)(C)Cc1cccc(C2(N)CCCCC2)c1. The first-order valence-electron chi connectivity index (χ1n) is 7.27. The van der Waals surface area contributed by atoms with Crippen LogP contribution in [0.5, 0.6) is 0 Å². The molecule has 2 N–H and O–H groups in total. The van der Waals surface area contributed by atoms with Gasteiger partial charge >= 0.3 is 0 Å². The van der Waals surface area contributed by atoms with E-state index < -0.39 is 0 Å². The first-order chi connectivity index (χ1) is 8.39. The smallest absolute Gasteiger partial charge is 0.0409 e. The first-order valence-corrected chi connectivity index (χ1v) is 7.27. The van der Waals surface area contributed by atoms with Gasteiger partial charge in [0.2, 0.25) is 0 Å². The molecular weight excluding hydrogens is 218 g/mol. The molecule has 0 aliphatic heterocycles. The quantitative estimate of drug-likeness (QED) is 0.821. The lowest BCUT2D eigenvalue weighted by molar-refractivity contribution is 0.302. The van der Waals surface area contributed by atoms with Gasteiger partial charge in [-0.05, 0) is 35.8 Å². The number of nitrogens with two attached hydrogens (primary N) is 1. The highest BCUT2D eigenvalue weighted by Crippen LogP contribution is 2.35. The van der Waals surface area contributed by atoms with E-state index in [1.165, 1.54) is 30.4 Å². The summed E-state index contributed by atoms with van der Waals surface area (Å²) in [6.07, 6.45) is 7.31. The van der Waals surface area contributed by atoms with Gasteiger partial charge in [0.15, 0.2) is 0 Å². The average molecular weight is 245 g/mol. The summed E-state index contributed by atoms with van der Waals surface area (Å²) < 4.78 is 0. The van der Waals surface area contributed by atoms with E-state index >= 15 is 0 Å². The summed E-state index contributed by atoms with van der Waals surface area (Å²) in [4.78, 5) is 0. The summed E-state index contributed by atoms with van der Waals surface area (Å²) in [7, 11) is 0. The number of hydrogen-bond donors (Lipinski definition) is 1. The maximum absolute atomic E-state index is 6.61. The Labute approximate surface area is 112 Å². The number of hydrogen-bond acceptors (Lipinski definition) is 1. The summed E-state index contributed by atoms with van der Waals surface area (Å²) in [5, 5.41) is 0. The molecule has 2 rings (SSSR count). The van der Waals surface area contributed by atoms with Crippen LogP contribution in [0.1, 0.15) is 64.0 Å². The summed E-state index contributed by atoms with van der Waals surface area (Å²) in [6.45, 7) is 6.87. The lowest BCUT2D eigenvalue weighted by atomic mass is 9.76. The Morgan fingerprint density at radius 1 is 1.11 bits per heavy atom. The molecule has 0 radical (unpaired) electrons. The molecule has 100 valence electrons. The van der Waals surface area contributed by atoms with Crippen molar-refractivity contribution in [1.29, 1.82) is 0 Å². The predicted molar refractivity (Wildman–Crippen MR) is 78.6 cm³/mol. The monoisotopic (exact) mass is 245 g/mol. The van der Waals surface area contributed by atoms with Crippen LogP contribution in [-0.4, -0.2) is 0 Å². The highest BCUT2D eigenvalue weighted by atomic mass is 14.7. The highest BCUT2D eigenvalue weighted by Gasteiger charge is 2.29. The van der Waals surface area contributed by atoms with E-state index in [0.29, 0.717) is 5.41 Å². The fraction of sp³-hybridized carbons (Fsp3) is 0.647. The highest BCUT2D eigenvalue weighted by molar-refractivity contribution is 5.30. The molecule has 0 atom stereocenters. The Balaban J connectivity index is 2.21. The second kappa shape index (κ2) is 5.05. The lowest BCUT2D eigenvalue weighted by Crippen LogP contribution is -2.38. The maximum Gasteiger partial charge on any atom is 0.0409 e. The van der Waals surface area contributed by atoms with Gasteiger partial charge in [-0.1, -0.05) is 64.3 Å². The second-order valence-electron chi connectivity index (χ2n) is 7.15. The van der Waals surface area contributed by atoms with E-state index in [9.17, 15) is 0 Å². The largest absolute Gasteiger partial charge is 0.321 e. The van der Waals surface area contributed by atoms with Gasteiger partial charge < -0.3 is 5.73 Å². The first kappa shape index (κ1) is 13.6. The van der Waals surface area contributed by atoms with Gasteiger partial charge in [0, 0.05) is 5.54 Å². The number of rotatable bonds is 2. The minimum atomic E-state index is -0.0633. The molecule has 1 aliphatic rings. The molecular formula is C17H27N. The van der Waals surface area contributed by atoms with Crippen molar-refractivity contribution in [2.75, 3.05) is 0 Å². The van der Waals surface area contributed by atoms with Gasteiger partial charge in [-0.3, -0.25) is 0 Å². The van der Waals surface area contributed by atoms with Crippen molar-refractivity contribution in [1.82, 2.24) is 0 Å².